The van der Waals surface area contributed by atoms with Crippen LogP contribution in [0.3, 0.4) is 0 Å². The number of amides is 2. The minimum Gasteiger partial charge on any atom is -0.344 e. The van der Waals surface area contributed by atoms with E-state index in [1.165, 1.54) is 11.8 Å². The van der Waals surface area contributed by atoms with Gasteiger partial charge in [-0.1, -0.05) is 25.0 Å². The third kappa shape index (κ3) is 4.99. The van der Waals surface area contributed by atoms with Crippen LogP contribution in [0.15, 0.2) is 29.2 Å². The number of rotatable bonds is 6. The quantitative estimate of drug-likeness (QED) is 0.814. The van der Waals surface area contributed by atoms with Crippen LogP contribution < -0.4 is 5.32 Å². The molecule has 1 atom stereocenters. The normalized spacial score (nSPS) is 16.1. The summed E-state index contributed by atoms with van der Waals surface area (Å²) < 4.78 is 0. The number of hydrogen-bond donors (Lipinski definition) is 1. The fourth-order valence-corrected chi connectivity index (χ4v) is 3.62. The molecule has 23 heavy (non-hydrogen) atoms. The SMILES string of the molecule is CSc1ccc(CN(C)C(=O)C(NC(C)=O)C2CCCC2)cc1. The van der Waals surface area contributed by atoms with Gasteiger partial charge in [-0.3, -0.25) is 9.59 Å². The Balaban J connectivity index is 2.03. The molecule has 1 fully saturated rings. The first-order valence-electron chi connectivity index (χ1n) is 8.16. The molecule has 1 aromatic carbocycles. The summed E-state index contributed by atoms with van der Waals surface area (Å²) in [5.74, 6) is 0.154. The lowest BCUT2D eigenvalue weighted by Crippen LogP contribution is -2.50. The van der Waals surface area contributed by atoms with E-state index in [-0.39, 0.29) is 23.8 Å². The van der Waals surface area contributed by atoms with Crippen molar-refractivity contribution in [1.82, 2.24) is 10.2 Å². The molecule has 2 rings (SSSR count). The zero-order valence-corrected chi connectivity index (χ0v) is 15.0. The first-order chi connectivity index (χ1) is 11.0. The maximum Gasteiger partial charge on any atom is 0.245 e. The van der Waals surface area contributed by atoms with Crippen LogP contribution in [-0.2, 0) is 16.1 Å². The second-order valence-corrected chi connectivity index (χ2v) is 7.14. The lowest BCUT2D eigenvalue weighted by molar-refractivity contribution is -0.137. The summed E-state index contributed by atoms with van der Waals surface area (Å²) in [7, 11) is 1.81. The van der Waals surface area contributed by atoms with Crippen LogP contribution in [0.5, 0.6) is 0 Å². The molecule has 1 aliphatic carbocycles. The first kappa shape index (κ1) is 17.9. The topological polar surface area (TPSA) is 49.4 Å². The molecule has 0 heterocycles. The molecule has 1 saturated carbocycles. The van der Waals surface area contributed by atoms with Gasteiger partial charge in [0.15, 0.2) is 0 Å². The zero-order chi connectivity index (χ0) is 16.8. The fourth-order valence-electron chi connectivity index (χ4n) is 3.21. The van der Waals surface area contributed by atoms with Gasteiger partial charge in [0.2, 0.25) is 11.8 Å². The predicted molar refractivity (Wildman–Crippen MR) is 94.3 cm³/mol. The summed E-state index contributed by atoms with van der Waals surface area (Å²) in [4.78, 5) is 27.2. The second-order valence-electron chi connectivity index (χ2n) is 6.27. The van der Waals surface area contributed by atoms with Gasteiger partial charge in [-0.25, -0.2) is 0 Å². The number of likely N-dealkylation sites (N-methyl/N-ethyl adjacent to an activating group) is 1. The highest BCUT2D eigenvalue weighted by molar-refractivity contribution is 7.98. The Morgan fingerprint density at radius 2 is 1.87 bits per heavy atom. The molecule has 4 nitrogen and oxygen atoms in total. The molecule has 1 unspecified atom stereocenters. The van der Waals surface area contributed by atoms with Crippen molar-refractivity contribution in [2.45, 2.75) is 50.1 Å². The molecule has 0 bridgehead atoms. The lowest BCUT2D eigenvalue weighted by atomic mass is 9.96. The van der Waals surface area contributed by atoms with Gasteiger partial charge in [0.05, 0.1) is 0 Å². The van der Waals surface area contributed by atoms with Gasteiger partial charge < -0.3 is 10.2 Å². The molecule has 0 aromatic heterocycles. The summed E-state index contributed by atoms with van der Waals surface area (Å²) in [6.07, 6.45) is 6.38. The monoisotopic (exact) mass is 334 g/mol. The van der Waals surface area contributed by atoms with Gasteiger partial charge in [-0.05, 0) is 42.7 Å². The number of carbonyl (C=O) groups is 2. The van der Waals surface area contributed by atoms with Gasteiger partial charge in [-0.2, -0.15) is 0 Å². The highest BCUT2D eigenvalue weighted by Gasteiger charge is 2.33. The van der Waals surface area contributed by atoms with Gasteiger partial charge in [0.25, 0.3) is 0 Å². The molecular weight excluding hydrogens is 308 g/mol. The predicted octanol–water partition coefficient (Wildman–Crippen LogP) is 3.06. The Bertz CT molecular complexity index is 538. The molecule has 1 aromatic rings. The molecule has 0 saturated heterocycles. The lowest BCUT2D eigenvalue weighted by Gasteiger charge is -2.28. The van der Waals surface area contributed by atoms with Crippen molar-refractivity contribution in [1.29, 1.82) is 0 Å². The van der Waals surface area contributed by atoms with Crippen molar-refractivity contribution in [3.8, 4) is 0 Å². The molecular formula is C18H26N2O2S. The summed E-state index contributed by atoms with van der Waals surface area (Å²) in [6.45, 7) is 2.05. The number of nitrogens with zero attached hydrogens (tertiary/aromatic N) is 1. The van der Waals surface area contributed by atoms with E-state index >= 15 is 0 Å². The van der Waals surface area contributed by atoms with Crippen LogP contribution in [0.1, 0.15) is 38.2 Å². The van der Waals surface area contributed by atoms with Crippen LogP contribution in [0.25, 0.3) is 0 Å². The van der Waals surface area contributed by atoms with Crippen LogP contribution >= 0.6 is 11.8 Å². The third-order valence-electron chi connectivity index (χ3n) is 4.45. The Morgan fingerprint density at radius 1 is 1.26 bits per heavy atom. The van der Waals surface area contributed by atoms with Gasteiger partial charge in [0.1, 0.15) is 6.04 Å². The third-order valence-corrected chi connectivity index (χ3v) is 5.19. The smallest absolute Gasteiger partial charge is 0.245 e. The maximum absolute atomic E-state index is 12.8. The average molecular weight is 334 g/mol. The Morgan fingerprint density at radius 3 is 2.39 bits per heavy atom. The number of thioether (sulfide) groups is 1. The maximum atomic E-state index is 12.8. The van der Waals surface area contributed by atoms with Crippen LogP contribution in [0.4, 0.5) is 0 Å². The van der Waals surface area contributed by atoms with Crippen LogP contribution in [0, 0.1) is 5.92 Å². The standard InChI is InChI=1S/C18H26N2O2S/c1-13(21)19-17(15-6-4-5-7-15)18(22)20(2)12-14-8-10-16(23-3)11-9-14/h8-11,15,17H,4-7,12H2,1-3H3,(H,19,21). The van der Waals surface area contributed by atoms with Crippen molar-refractivity contribution in [3.63, 3.8) is 0 Å². The van der Waals surface area contributed by atoms with Gasteiger partial charge in [0, 0.05) is 25.4 Å². The van der Waals surface area contributed by atoms with Crippen molar-refractivity contribution >= 4 is 23.6 Å². The van der Waals surface area contributed by atoms with E-state index in [9.17, 15) is 9.59 Å². The average Bonchev–Trinajstić information content (AvgIpc) is 3.06. The van der Waals surface area contributed by atoms with E-state index in [1.807, 2.05) is 13.3 Å². The Hall–Kier alpha value is -1.49. The molecule has 0 radical (unpaired) electrons. The molecule has 0 spiro atoms. The Labute approximate surface area is 143 Å². The van der Waals surface area contributed by atoms with Gasteiger partial charge >= 0.3 is 0 Å². The summed E-state index contributed by atoms with van der Waals surface area (Å²) in [5.41, 5.74) is 1.10. The van der Waals surface area contributed by atoms with Crippen LogP contribution in [0.2, 0.25) is 0 Å². The highest BCUT2D eigenvalue weighted by Crippen LogP contribution is 2.28. The summed E-state index contributed by atoms with van der Waals surface area (Å²) >= 11 is 1.70. The molecule has 1 aliphatic rings. The molecule has 126 valence electrons. The van der Waals surface area contributed by atoms with Crippen LogP contribution in [-0.4, -0.2) is 36.1 Å². The first-order valence-corrected chi connectivity index (χ1v) is 9.38. The molecule has 0 aliphatic heterocycles. The van der Waals surface area contributed by atoms with Crippen molar-refractivity contribution < 1.29 is 9.59 Å². The van der Waals surface area contributed by atoms with E-state index in [0.717, 1.165) is 31.2 Å². The van der Waals surface area contributed by atoms with E-state index in [1.54, 1.807) is 16.7 Å². The van der Waals surface area contributed by atoms with E-state index in [4.69, 9.17) is 0 Å². The van der Waals surface area contributed by atoms with Crippen molar-refractivity contribution in [3.05, 3.63) is 29.8 Å². The number of hydrogen-bond acceptors (Lipinski definition) is 3. The number of benzene rings is 1. The zero-order valence-electron chi connectivity index (χ0n) is 14.2. The van der Waals surface area contributed by atoms with Crippen molar-refractivity contribution in [2.75, 3.05) is 13.3 Å². The Kier molecular flexibility index (Phi) is 6.51. The number of carbonyl (C=O) groups excluding carboxylic acids is 2. The highest BCUT2D eigenvalue weighted by atomic mass is 32.2. The molecule has 5 heteroatoms. The van der Waals surface area contributed by atoms with Gasteiger partial charge in [-0.15, -0.1) is 11.8 Å². The molecule has 2 amide bonds. The number of nitrogens with one attached hydrogen (secondary N) is 1. The van der Waals surface area contributed by atoms with E-state index in [0.29, 0.717) is 6.54 Å². The largest absolute Gasteiger partial charge is 0.344 e. The second kappa shape index (κ2) is 8.39. The summed E-state index contributed by atoms with van der Waals surface area (Å²) in [6, 6.07) is 7.86. The minimum atomic E-state index is -0.384. The molecule has 1 N–H and O–H groups in total. The van der Waals surface area contributed by atoms with Crippen molar-refractivity contribution in [2.24, 2.45) is 5.92 Å². The minimum absolute atomic E-state index is 0.0149. The van der Waals surface area contributed by atoms with E-state index in [2.05, 4.69) is 29.6 Å². The fraction of sp³-hybridized carbons (Fsp3) is 0.556. The van der Waals surface area contributed by atoms with E-state index < -0.39 is 0 Å². The summed E-state index contributed by atoms with van der Waals surface area (Å²) in [5, 5.41) is 2.87.